The van der Waals surface area contributed by atoms with Crippen LogP contribution < -0.4 is 0 Å². The number of morpholine rings is 1. The standard InChI is InChI=1S/C22H34N4O3/c1-15-20(17(3)27)16(2)26(23-15)11-19(28)25-10-18-21(4,5)12-22(18,14-25)13-24-6-8-29-9-7-24/h18H,6-14H2,1-5H3/t18-,22+/m1/s1. The lowest BCUT2D eigenvalue weighted by atomic mass is 9.48. The maximum Gasteiger partial charge on any atom is 0.244 e. The first-order valence-corrected chi connectivity index (χ1v) is 10.8. The molecule has 7 heteroatoms. The van der Waals surface area contributed by atoms with E-state index >= 15 is 0 Å². The van der Waals surface area contributed by atoms with Crippen LogP contribution in [0.15, 0.2) is 0 Å². The Morgan fingerprint density at radius 3 is 2.48 bits per heavy atom. The second-order valence-corrected chi connectivity index (χ2v) is 10.0. The van der Waals surface area contributed by atoms with Gasteiger partial charge < -0.3 is 9.64 Å². The number of aromatic nitrogens is 2. The maximum absolute atomic E-state index is 13.2. The predicted octanol–water partition coefficient (Wildman–Crippen LogP) is 1.91. The number of hydrogen-bond donors (Lipinski definition) is 0. The normalized spacial score (nSPS) is 28.9. The molecule has 0 aromatic carbocycles. The van der Waals surface area contributed by atoms with Gasteiger partial charge in [0.1, 0.15) is 6.54 Å². The molecule has 29 heavy (non-hydrogen) atoms. The molecule has 3 heterocycles. The number of fused-ring (bicyclic) bond motifs is 1. The largest absolute Gasteiger partial charge is 0.379 e. The number of ether oxygens (including phenoxy) is 1. The first-order valence-electron chi connectivity index (χ1n) is 10.8. The Labute approximate surface area is 173 Å². The first-order chi connectivity index (χ1) is 13.6. The highest BCUT2D eigenvalue weighted by molar-refractivity contribution is 5.96. The fourth-order valence-corrected chi connectivity index (χ4v) is 6.32. The van der Waals surface area contributed by atoms with E-state index in [1.54, 1.807) is 11.6 Å². The Morgan fingerprint density at radius 1 is 1.21 bits per heavy atom. The van der Waals surface area contributed by atoms with Crippen molar-refractivity contribution in [3.05, 3.63) is 17.0 Å². The highest BCUT2D eigenvalue weighted by Crippen LogP contribution is 2.63. The van der Waals surface area contributed by atoms with Gasteiger partial charge in [-0.15, -0.1) is 0 Å². The fourth-order valence-electron chi connectivity index (χ4n) is 6.32. The third kappa shape index (κ3) is 3.52. The summed E-state index contributed by atoms with van der Waals surface area (Å²) in [5.74, 6) is 0.649. The van der Waals surface area contributed by atoms with Crippen LogP contribution in [0, 0.1) is 30.6 Å². The molecule has 4 rings (SSSR count). The van der Waals surface area contributed by atoms with Crippen molar-refractivity contribution >= 4 is 11.7 Å². The number of carbonyl (C=O) groups excluding carboxylic acids is 2. The molecule has 2 atom stereocenters. The van der Waals surface area contributed by atoms with Gasteiger partial charge in [0.25, 0.3) is 0 Å². The summed E-state index contributed by atoms with van der Waals surface area (Å²) in [5, 5.41) is 4.46. The lowest BCUT2D eigenvalue weighted by Crippen LogP contribution is -2.59. The van der Waals surface area contributed by atoms with Crippen molar-refractivity contribution in [2.75, 3.05) is 45.9 Å². The summed E-state index contributed by atoms with van der Waals surface area (Å²) in [6.07, 6.45) is 1.17. The van der Waals surface area contributed by atoms with E-state index in [0.717, 1.165) is 51.6 Å². The molecule has 1 aliphatic carbocycles. The summed E-state index contributed by atoms with van der Waals surface area (Å²) >= 11 is 0. The smallest absolute Gasteiger partial charge is 0.244 e. The van der Waals surface area contributed by atoms with Gasteiger partial charge in [0, 0.05) is 43.8 Å². The number of rotatable bonds is 5. The molecule has 0 radical (unpaired) electrons. The van der Waals surface area contributed by atoms with Crippen molar-refractivity contribution < 1.29 is 14.3 Å². The first kappa shape index (κ1) is 20.5. The quantitative estimate of drug-likeness (QED) is 0.704. The van der Waals surface area contributed by atoms with Gasteiger partial charge >= 0.3 is 0 Å². The van der Waals surface area contributed by atoms with Crippen molar-refractivity contribution in [2.45, 2.75) is 47.6 Å². The van der Waals surface area contributed by atoms with E-state index in [1.165, 1.54) is 6.42 Å². The average molecular weight is 403 g/mol. The number of hydrogen-bond acceptors (Lipinski definition) is 5. The summed E-state index contributed by atoms with van der Waals surface area (Å²) in [5.41, 5.74) is 2.62. The fraction of sp³-hybridized carbons (Fsp3) is 0.773. The molecule has 1 aromatic heterocycles. The third-order valence-corrected chi connectivity index (χ3v) is 7.41. The number of likely N-dealkylation sites (tertiary alicyclic amines) is 1. The van der Waals surface area contributed by atoms with Crippen molar-refractivity contribution in [2.24, 2.45) is 16.7 Å². The van der Waals surface area contributed by atoms with Gasteiger partial charge in [-0.2, -0.15) is 5.10 Å². The minimum atomic E-state index is 0.00382. The minimum absolute atomic E-state index is 0.00382. The van der Waals surface area contributed by atoms with Crippen LogP contribution in [0.5, 0.6) is 0 Å². The van der Waals surface area contributed by atoms with Gasteiger partial charge in [0.05, 0.1) is 24.5 Å². The Kier molecular flexibility index (Phi) is 5.10. The second-order valence-electron chi connectivity index (χ2n) is 10.0. The maximum atomic E-state index is 13.2. The number of carbonyl (C=O) groups is 2. The van der Waals surface area contributed by atoms with E-state index in [4.69, 9.17) is 4.74 Å². The van der Waals surface area contributed by atoms with Gasteiger partial charge in [0.2, 0.25) is 5.91 Å². The SMILES string of the molecule is CC(=O)c1c(C)nn(CC(=O)N2C[C@@H]3C(C)(C)C[C@]3(CN3CCOCC3)C2)c1C. The van der Waals surface area contributed by atoms with Crippen LogP contribution >= 0.6 is 0 Å². The Balaban J connectivity index is 1.48. The summed E-state index contributed by atoms with van der Waals surface area (Å²) in [6.45, 7) is 16.5. The van der Waals surface area contributed by atoms with E-state index in [0.29, 0.717) is 17.2 Å². The molecule has 160 valence electrons. The minimum Gasteiger partial charge on any atom is -0.379 e. The van der Waals surface area contributed by atoms with Gasteiger partial charge in [-0.05, 0) is 38.5 Å². The van der Waals surface area contributed by atoms with Crippen LogP contribution in [-0.4, -0.2) is 77.2 Å². The lowest BCUT2D eigenvalue weighted by Gasteiger charge is -2.58. The van der Waals surface area contributed by atoms with Crippen LogP contribution in [-0.2, 0) is 16.1 Å². The van der Waals surface area contributed by atoms with Crippen molar-refractivity contribution in [3.8, 4) is 0 Å². The number of aryl methyl sites for hydroxylation is 1. The molecule has 0 bridgehead atoms. The zero-order valence-electron chi connectivity index (χ0n) is 18.5. The van der Waals surface area contributed by atoms with Gasteiger partial charge in [-0.1, -0.05) is 13.8 Å². The highest BCUT2D eigenvalue weighted by Gasteiger charge is 2.63. The van der Waals surface area contributed by atoms with E-state index < -0.39 is 0 Å². The average Bonchev–Trinajstić information content (AvgIpc) is 3.10. The molecule has 7 nitrogen and oxygen atoms in total. The summed E-state index contributed by atoms with van der Waals surface area (Å²) in [7, 11) is 0. The molecular weight excluding hydrogens is 368 g/mol. The van der Waals surface area contributed by atoms with Crippen molar-refractivity contribution in [3.63, 3.8) is 0 Å². The number of ketones is 1. The van der Waals surface area contributed by atoms with E-state index in [2.05, 4.69) is 23.8 Å². The number of nitrogens with zero attached hydrogens (tertiary/aromatic N) is 4. The third-order valence-electron chi connectivity index (χ3n) is 7.41. The molecule has 2 aliphatic heterocycles. The molecule has 0 spiro atoms. The zero-order chi connectivity index (χ0) is 21.0. The van der Waals surface area contributed by atoms with Crippen LogP contribution in [0.3, 0.4) is 0 Å². The molecule has 3 fully saturated rings. The van der Waals surface area contributed by atoms with Crippen LogP contribution in [0.4, 0.5) is 0 Å². The van der Waals surface area contributed by atoms with Gasteiger partial charge in [-0.25, -0.2) is 0 Å². The van der Waals surface area contributed by atoms with Crippen LogP contribution in [0.2, 0.25) is 0 Å². The summed E-state index contributed by atoms with van der Waals surface area (Å²) < 4.78 is 7.21. The highest BCUT2D eigenvalue weighted by atomic mass is 16.5. The van der Waals surface area contributed by atoms with Crippen molar-refractivity contribution in [1.82, 2.24) is 19.6 Å². The molecule has 1 saturated carbocycles. The van der Waals surface area contributed by atoms with Crippen molar-refractivity contribution in [1.29, 1.82) is 0 Å². The van der Waals surface area contributed by atoms with Crippen LogP contribution in [0.25, 0.3) is 0 Å². The monoisotopic (exact) mass is 402 g/mol. The topological polar surface area (TPSA) is 67.7 Å². The molecule has 0 N–H and O–H groups in total. The van der Waals surface area contributed by atoms with E-state index in [-0.39, 0.29) is 29.1 Å². The molecule has 1 amide bonds. The summed E-state index contributed by atoms with van der Waals surface area (Å²) in [4.78, 5) is 29.6. The Morgan fingerprint density at radius 2 is 1.90 bits per heavy atom. The Bertz CT molecular complexity index is 824. The number of amides is 1. The van der Waals surface area contributed by atoms with E-state index in [9.17, 15) is 9.59 Å². The molecule has 2 saturated heterocycles. The molecule has 3 aliphatic rings. The number of Topliss-reactive ketones (excluding diaryl/α,β-unsaturated/α-hetero) is 1. The lowest BCUT2D eigenvalue weighted by molar-refractivity contribution is -0.131. The predicted molar refractivity (Wildman–Crippen MR) is 110 cm³/mol. The molecule has 0 unspecified atom stereocenters. The van der Waals surface area contributed by atoms with Gasteiger partial charge in [-0.3, -0.25) is 19.2 Å². The second kappa shape index (κ2) is 7.20. The molecular formula is C22H34N4O3. The Hall–Kier alpha value is -1.73. The zero-order valence-corrected chi connectivity index (χ0v) is 18.5. The summed E-state index contributed by atoms with van der Waals surface area (Å²) in [6, 6.07) is 0. The molecule has 1 aromatic rings. The van der Waals surface area contributed by atoms with Gasteiger partial charge in [0.15, 0.2) is 5.78 Å². The van der Waals surface area contributed by atoms with Crippen LogP contribution in [0.1, 0.15) is 48.9 Å². The van der Waals surface area contributed by atoms with E-state index in [1.807, 2.05) is 18.7 Å².